The molecule has 0 saturated heterocycles. The number of rotatable bonds is 7. The molecule has 0 spiro atoms. The predicted octanol–water partition coefficient (Wildman–Crippen LogP) is 1.32. The minimum Gasteiger partial charge on any atom is -0.397 e. The molecule has 0 aliphatic heterocycles. The summed E-state index contributed by atoms with van der Waals surface area (Å²) in [5.74, 6) is -0.357. The number of carbonyl (C=O) groups excluding carboxylic acids is 2. The van der Waals surface area contributed by atoms with E-state index in [9.17, 15) is 9.59 Å². The highest BCUT2D eigenvalue weighted by molar-refractivity contribution is 6.31. The molecule has 4 N–H and O–H groups in total. The first-order chi connectivity index (χ1) is 9.92. The van der Waals surface area contributed by atoms with Gasteiger partial charge in [-0.15, -0.1) is 0 Å². The maximum absolute atomic E-state index is 11.9. The topological polar surface area (TPSA) is 87.5 Å². The van der Waals surface area contributed by atoms with Gasteiger partial charge in [0.2, 0.25) is 11.8 Å². The van der Waals surface area contributed by atoms with E-state index in [4.69, 9.17) is 17.3 Å². The zero-order valence-corrected chi connectivity index (χ0v) is 13.0. The number of halogens is 1. The molecular weight excluding hydrogens is 292 g/mol. The van der Waals surface area contributed by atoms with Crippen LogP contribution < -0.4 is 16.4 Å². The van der Waals surface area contributed by atoms with Crippen molar-refractivity contribution in [2.45, 2.75) is 13.3 Å². The largest absolute Gasteiger partial charge is 0.397 e. The van der Waals surface area contributed by atoms with Gasteiger partial charge in [-0.25, -0.2) is 0 Å². The van der Waals surface area contributed by atoms with Gasteiger partial charge in [0.15, 0.2) is 0 Å². The van der Waals surface area contributed by atoms with E-state index >= 15 is 0 Å². The monoisotopic (exact) mass is 312 g/mol. The molecule has 6 nitrogen and oxygen atoms in total. The van der Waals surface area contributed by atoms with Crippen LogP contribution in [-0.2, 0) is 9.59 Å². The van der Waals surface area contributed by atoms with E-state index in [-0.39, 0.29) is 24.9 Å². The van der Waals surface area contributed by atoms with Crippen molar-refractivity contribution in [2.24, 2.45) is 0 Å². The van der Waals surface area contributed by atoms with E-state index in [0.717, 1.165) is 6.42 Å². The molecule has 21 heavy (non-hydrogen) atoms. The Bertz CT molecular complexity index is 508. The van der Waals surface area contributed by atoms with Crippen LogP contribution in [0.15, 0.2) is 18.2 Å². The number of benzene rings is 1. The van der Waals surface area contributed by atoms with Gasteiger partial charge in [-0.2, -0.15) is 0 Å². The average Bonchev–Trinajstić information content (AvgIpc) is 2.40. The minimum atomic E-state index is -0.255. The molecule has 0 unspecified atom stereocenters. The minimum absolute atomic E-state index is 0.0888. The van der Waals surface area contributed by atoms with Gasteiger partial charge < -0.3 is 16.4 Å². The third kappa shape index (κ3) is 6.46. The van der Waals surface area contributed by atoms with E-state index in [0.29, 0.717) is 22.9 Å². The summed E-state index contributed by atoms with van der Waals surface area (Å²) in [6, 6.07) is 4.86. The molecule has 0 aromatic heterocycles. The molecule has 0 fully saturated rings. The van der Waals surface area contributed by atoms with Crippen molar-refractivity contribution in [1.29, 1.82) is 0 Å². The molecule has 0 aliphatic rings. The van der Waals surface area contributed by atoms with E-state index in [1.165, 1.54) is 0 Å². The quantitative estimate of drug-likeness (QED) is 0.663. The molecular formula is C14H21ClN4O2. The predicted molar refractivity (Wildman–Crippen MR) is 85.3 cm³/mol. The van der Waals surface area contributed by atoms with Gasteiger partial charge in [0.05, 0.1) is 24.5 Å². The fourth-order valence-corrected chi connectivity index (χ4v) is 1.87. The van der Waals surface area contributed by atoms with Crippen LogP contribution in [0.3, 0.4) is 0 Å². The normalized spacial score (nSPS) is 10.5. The maximum atomic E-state index is 11.9. The molecule has 116 valence electrons. The second-order valence-electron chi connectivity index (χ2n) is 4.80. The third-order valence-corrected chi connectivity index (χ3v) is 2.92. The number of carbonyl (C=O) groups is 2. The van der Waals surface area contributed by atoms with Crippen molar-refractivity contribution in [3.05, 3.63) is 23.2 Å². The van der Waals surface area contributed by atoms with Crippen molar-refractivity contribution in [3.8, 4) is 0 Å². The van der Waals surface area contributed by atoms with E-state index in [1.807, 2.05) is 6.92 Å². The van der Waals surface area contributed by atoms with Crippen molar-refractivity contribution in [2.75, 3.05) is 37.7 Å². The molecule has 1 aromatic carbocycles. The molecule has 2 amide bonds. The number of nitrogens with two attached hydrogens (primary N) is 1. The van der Waals surface area contributed by atoms with Crippen LogP contribution >= 0.6 is 11.6 Å². The Morgan fingerprint density at radius 3 is 2.62 bits per heavy atom. The number of nitrogens with one attached hydrogen (secondary N) is 2. The maximum Gasteiger partial charge on any atom is 0.238 e. The molecule has 1 rings (SSSR count). The van der Waals surface area contributed by atoms with Crippen molar-refractivity contribution in [3.63, 3.8) is 0 Å². The summed E-state index contributed by atoms with van der Waals surface area (Å²) < 4.78 is 0. The SMILES string of the molecule is CCCNC(=O)CN(C)CC(=O)Nc1cc(Cl)ccc1N. The molecule has 0 atom stereocenters. The summed E-state index contributed by atoms with van der Waals surface area (Å²) in [5, 5.41) is 5.92. The van der Waals surface area contributed by atoms with Crippen LogP contribution in [-0.4, -0.2) is 43.4 Å². The van der Waals surface area contributed by atoms with Gasteiger partial charge in [-0.05, 0) is 31.7 Å². The summed E-state index contributed by atoms with van der Waals surface area (Å²) in [6.45, 7) is 2.87. The number of nitrogen functional groups attached to an aromatic ring is 1. The lowest BCUT2D eigenvalue weighted by Crippen LogP contribution is -2.39. The summed E-state index contributed by atoms with van der Waals surface area (Å²) in [4.78, 5) is 25.1. The second-order valence-corrected chi connectivity index (χ2v) is 5.24. The first-order valence-corrected chi connectivity index (χ1v) is 7.10. The van der Waals surface area contributed by atoms with E-state index < -0.39 is 0 Å². The zero-order chi connectivity index (χ0) is 15.8. The van der Waals surface area contributed by atoms with Crippen molar-refractivity contribution < 1.29 is 9.59 Å². The fraction of sp³-hybridized carbons (Fsp3) is 0.429. The van der Waals surface area contributed by atoms with Gasteiger partial charge in [0.1, 0.15) is 0 Å². The standard InChI is InChI=1S/C14H21ClN4O2/c1-3-6-17-13(20)8-19(2)9-14(21)18-12-7-10(15)4-5-11(12)16/h4-5,7H,3,6,8-9,16H2,1-2H3,(H,17,20)(H,18,21). The summed E-state index contributed by atoms with van der Waals surface area (Å²) >= 11 is 5.85. The molecule has 0 heterocycles. The summed E-state index contributed by atoms with van der Waals surface area (Å²) in [6.07, 6.45) is 0.879. The van der Waals surface area contributed by atoms with Crippen LogP contribution in [0.5, 0.6) is 0 Å². The van der Waals surface area contributed by atoms with Crippen LogP contribution in [0.25, 0.3) is 0 Å². The first kappa shape index (κ1) is 17.3. The molecule has 0 radical (unpaired) electrons. The second kappa shape index (κ2) is 8.49. The van der Waals surface area contributed by atoms with Crippen LogP contribution in [0.2, 0.25) is 5.02 Å². The number of hydrogen-bond donors (Lipinski definition) is 3. The van der Waals surface area contributed by atoms with E-state index in [1.54, 1.807) is 30.1 Å². The number of likely N-dealkylation sites (N-methyl/N-ethyl adjacent to an activating group) is 1. The Morgan fingerprint density at radius 2 is 1.95 bits per heavy atom. The van der Waals surface area contributed by atoms with Crippen LogP contribution in [0.4, 0.5) is 11.4 Å². The third-order valence-electron chi connectivity index (χ3n) is 2.69. The smallest absolute Gasteiger partial charge is 0.238 e. The fourth-order valence-electron chi connectivity index (χ4n) is 1.69. The number of hydrogen-bond acceptors (Lipinski definition) is 4. The first-order valence-electron chi connectivity index (χ1n) is 6.72. The number of anilines is 2. The Labute approximate surface area is 129 Å². The molecule has 0 aliphatic carbocycles. The lowest BCUT2D eigenvalue weighted by molar-refractivity contribution is -0.122. The molecule has 0 bridgehead atoms. The number of nitrogens with zero attached hydrogens (tertiary/aromatic N) is 1. The van der Waals surface area contributed by atoms with Crippen LogP contribution in [0, 0.1) is 0 Å². The molecule has 7 heteroatoms. The van der Waals surface area contributed by atoms with Gasteiger partial charge in [-0.1, -0.05) is 18.5 Å². The Morgan fingerprint density at radius 1 is 1.29 bits per heavy atom. The average molecular weight is 313 g/mol. The Balaban J connectivity index is 2.46. The highest BCUT2D eigenvalue weighted by Gasteiger charge is 2.11. The summed E-state index contributed by atoms with van der Waals surface area (Å²) in [5.41, 5.74) is 6.66. The highest BCUT2D eigenvalue weighted by Crippen LogP contribution is 2.22. The van der Waals surface area contributed by atoms with Gasteiger partial charge in [0, 0.05) is 11.6 Å². The Hall–Kier alpha value is -1.79. The number of amides is 2. The van der Waals surface area contributed by atoms with Gasteiger partial charge in [-0.3, -0.25) is 14.5 Å². The molecule has 1 aromatic rings. The van der Waals surface area contributed by atoms with Crippen molar-refractivity contribution in [1.82, 2.24) is 10.2 Å². The van der Waals surface area contributed by atoms with Crippen LogP contribution in [0.1, 0.15) is 13.3 Å². The van der Waals surface area contributed by atoms with Crippen molar-refractivity contribution >= 4 is 34.8 Å². The molecule has 0 saturated carbocycles. The lowest BCUT2D eigenvalue weighted by Gasteiger charge is -2.16. The lowest BCUT2D eigenvalue weighted by atomic mass is 10.2. The van der Waals surface area contributed by atoms with E-state index in [2.05, 4.69) is 10.6 Å². The van der Waals surface area contributed by atoms with Gasteiger partial charge in [0.25, 0.3) is 0 Å². The van der Waals surface area contributed by atoms with Gasteiger partial charge >= 0.3 is 0 Å². The highest BCUT2D eigenvalue weighted by atomic mass is 35.5. The summed E-state index contributed by atoms with van der Waals surface area (Å²) in [7, 11) is 1.70. The Kier molecular flexibility index (Phi) is 6.98. The zero-order valence-electron chi connectivity index (χ0n) is 12.3.